The number of hydrogen-bond acceptors (Lipinski definition) is 4. The number of halogens is 3. The molecule has 0 N–H and O–H groups in total. The molecular weight excluding hydrogens is 329 g/mol. The molecule has 8 heteroatoms. The van der Waals surface area contributed by atoms with Gasteiger partial charge in [-0.25, -0.2) is 18.2 Å². The summed E-state index contributed by atoms with van der Waals surface area (Å²) in [5.74, 6) is -5.06. The molecule has 122 valence electrons. The first-order valence-corrected chi connectivity index (χ1v) is 7.72. The molecule has 3 rings (SSSR count). The summed E-state index contributed by atoms with van der Waals surface area (Å²) in [5.41, 5.74) is 0.436. The molecule has 0 fully saturated rings. The number of thiazole rings is 1. The monoisotopic (exact) mass is 342 g/mol. The van der Waals surface area contributed by atoms with Gasteiger partial charge in [0.05, 0.1) is 24.4 Å². The average Bonchev–Trinajstić information content (AvgIpc) is 2.94. The Balaban J connectivity index is 1.83. The van der Waals surface area contributed by atoms with Gasteiger partial charge in [0.25, 0.3) is 5.91 Å². The zero-order valence-electron chi connectivity index (χ0n) is 12.2. The number of carbonyl (C=O) groups is 1. The molecule has 2 aromatic rings. The van der Waals surface area contributed by atoms with Gasteiger partial charge in [-0.15, -0.1) is 11.3 Å². The van der Waals surface area contributed by atoms with E-state index in [0.29, 0.717) is 19.6 Å². The molecule has 1 aliphatic rings. The van der Waals surface area contributed by atoms with Gasteiger partial charge in [-0.3, -0.25) is 4.79 Å². The molecule has 1 aromatic heterocycles. The molecule has 0 spiro atoms. The molecule has 2 heterocycles. The van der Waals surface area contributed by atoms with E-state index in [2.05, 4.69) is 4.98 Å². The van der Waals surface area contributed by atoms with E-state index in [4.69, 9.17) is 4.74 Å². The Morgan fingerprint density at radius 2 is 2.13 bits per heavy atom. The van der Waals surface area contributed by atoms with Crippen molar-refractivity contribution in [1.29, 1.82) is 0 Å². The van der Waals surface area contributed by atoms with Gasteiger partial charge >= 0.3 is 0 Å². The lowest BCUT2D eigenvalue weighted by Crippen LogP contribution is -2.36. The summed E-state index contributed by atoms with van der Waals surface area (Å²) < 4.78 is 45.1. The largest absolute Gasteiger partial charge is 0.378 e. The lowest BCUT2D eigenvalue weighted by Gasteiger charge is -2.26. The molecule has 1 aliphatic heterocycles. The van der Waals surface area contributed by atoms with Crippen molar-refractivity contribution in [1.82, 2.24) is 9.88 Å². The van der Waals surface area contributed by atoms with Crippen LogP contribution in [0.15, 0.2) is 12.1 Å². The highest BCUT2D eigenvalue weighted by Gasteiger charge is 2.28. The third kappa shape index (κ3) is 2.96. The molecule has 4 nitrogen and oxygen atoms in total. The van der Waals surface area contributed by atoms with Crippen molar-refractivity contribution in [3.8, 4) is 0 Å². The van der Waals surface area contributed by atoms with E-state index in [-0.39, 0.29) is 6.54 Å². The summed E-state index contributed by atoms with van der Waals surface area (Å²) in [4.78, 5) is 19.1. The van der Waals surface area contributed by atoms with Crippen LogP contribution in [0.4, 0.5) is 13.2 Å². The summed E-state index contributed by atoms with van der Waals surface area (Å²) in [6.07, 6.45) is 0.534. The number of benzene rings is 1. The highest BCUT2D eigenvalue weighted by atomic mass is 32.1. The van der Waals surface area contributed by atoms with Crippen molar-refractivity contribution in [3.63, 3.8) is 0 Å². The van der Waals surface area contributed by atoms with Crippen molar-refractivity contribution >= 4 is 17.2 Å². The Kier molecular flexibility index (Phi) is 4.36. The van der Waals surface area contributed by atoms with Gasteiger partial charge in [0.2, 0.25) is 0 Å². The van der Waals surface area contributed by atoms with E-state index < -0.39 is 28.9 Å². The van der Waals surface area contributed by atoms with E-state index in [1.165, 1.54) is 16.2 Å². The average molecular weight is 342 g/mol. The summed E-state index contributed by atoms with van der Waals surface area (Å²) >= 11 is 1.43. The Morgan fingerprint density at radius 1 is 1.35 bits per heavy atom. The predicted octanol–water partition coefficient (Wildman–Crippen LogP) is 2.91. The van der Waals surface area contributed by atoms with Crippen LogP contribution in [-0.4, -0.2) is 29.4 Å². The van der Waals surface area contributed by atoms with E-state index in [9.17, 15) is 18.0 Å². The second-order valence-corrected chi connectivity index (χ2v) is 6.28. The van der Waals surface area contributed by atoms with Crippen LogP contribution in [0.3, 0.4) is 0 Å². The second-order valence-electron chi connectivity index (χ2n) is 5.11. The fourth-order valence-corrected chi connectivity index (χ4v) is 3.57. The molecule has 0 atom stereocenters. The Morgan fingerprint density at radius 3 is 2.87 bits per heavy atom. The van der Waals surface area contributed by atoms with Gasteiger partial charge in [0.15, 0.2) is 17.5 Å². The summed E-state index contributed by atoms with van der Waals surface area (Å²) in [5, 5.41) is 0.811. The van der Waals surface area contributed by atoms with Crippen LogP contribution >= 0.6 is 11.3 Å². The summed E-state index contributed by atoms with van der Waals surface area (Å²) in [7, 11) is 1.57. The molecule has 0 bridgehead atoms. The van der Waals surface area contributed by atoms with Crippen LogP contribution in [0.25, 0.3) is 0 Å². The van der Waals surface area contributed by atoms with Crippen molar-refractivity contribution in [2.45, 2.75) is 19.6 Å². The normalized spacial score (nSPS) is 14.0. The Hall–Kier alpha value is -1.93. The quantitative estimate of drug-likeness (QED) is 0.806. The predicted molar refractivity (Wildman–Crippen MR) is 77.6 cm³/mol. The van der Waals surface area contributed by atoms with Gasteiger partial charge in [-0.2, -0.15) is 0 Å². The van der Waals surface area contributed by atoms with Crippen LogP contribution in [0, 0.1) is 17.5 Å². The van der Waals surface area contributed by atoms with Crippen molar-refractivity contribution in [2.24, 2.45) is 0 Å². The number of ether oxygens (including phenoxy) is 1. The van der Waals surface area contributed by atoms with Crippen molar-refractivity contribution in [3.05, 3.63) is 50.7 Å². The number of amides is 1. The number of nitrogens with zero attached hydrogens (tertiary/aromatic N) is 2. The second kappa shape index (κ2) is 6.29. The number of hydrogen-bond donors (Lipinski definition) is 0. The Bertz CT molecular complexity index is 763. The van der Waals surface area contributed by atoms with E-state index >= 15 is 0 Å². The lowest BCUT2D eigenvalue weighted by molar-refractivity contribution is 0.0730. The smallest absolute Gasteiger partial charge is 0.257 e. The molecule has 0 unspecified atom stereocenters. The number of carbonyl (C=O) groups excluding carboxylic acids is 1. The standard InChI is InChI=1S/C15H13F3N2O2S/c1-22-7-12-19-10-4-5-20(6-11(10)23-12)15(21)8-2-3-9(16)14(18)13(8)17/h2-3H,4-7H2,1H3. The maximum atomic E-state index is 13.8. The zero-order valence-corrected chi connectivity index (χ0v) is 13.1. The number of methoxy groups -OCH3 is 1. The van der Waals surface area contributed by atoms with E-state index in [1.807, 2.05) is 0 Å². The van der Waals surface area contributed by atoms with Gasteiger partial charge in [-0.05, 0) is 12.1 Å². The summed E-state index contributed by atoms with van der Waals surface area (Å²) in [6, 6.07) is 1.72. The molecule has 0 radical (unpaired) electrons. The van der Waals surface area contributed by atoms with Crippen LogP contribution in [0.1, 0.15) is 25.9 Å². The van der Waals surface area contributed by atoms with E-state index in [1.54, 1.807) is 7.11 Å². The molecule has 1 amide bonds. The number of aromatic nitrogens is 1. The van der Waals surface area contributed by atoms with Crippen molar-refractivity contribution < 1.29 is 22.7 Å². The maximum absolute atomic E-state index is 13.8. The third-order valence-electron chi connectivity index (χ3n) is 3.60. The highest BCUT2D eigenvalue weighted by molar-refractivity contribution is 7.11. The van der Waals surface area contributed by atoms with E-state index in [0.717, 1.165) is 27.7 Å². The van der Waals surface area contributed by atoms with Gasteiger partial charge in [-0.1, -0.05) is 0 Å². The maximum Gasteiger partial charge on any atom is 0.257 e. The van der Waals surface area contributed by atoms with Crippen LogP contribution in [0.2, 0.25) is 0 Å². The van der Waals surface area contributed by atoms with Crippen molar-refractivity contribution in [2.75, 3.05) is 13.7 Å². The first-order valence-electron chi connectivity index (χ1n) is 6.90. The lowest BCUT2D eigenvalue weighted by atomic mass is 10.1. The van der Waals surface area contributed by atoms with Gasteiger partial charge in [0, 0.05) is 25.0 Å². The first kappa shape index (κ1) is 15.9. The first-order chi connectivity index (χ1) is 11.0. The van der Waals surface area contributed by atoms with Gasteiger partial charge in [0.1, 0.15) is 5.01 Å². The van der Waals surface area contributed by atoms with Crippen LogP contribution < -0.4 is 0 Å². The molecular formula is C15H13F3N2O2S. The minimum absolute atomic E-state index is 0.272. The van der Waals surface area contributed by atoms with Crippen LogP contribution in [-0.2, 0) is 24.3 Å². The third-order valence-corrected chi connectivity index (χ3v) is 4.65. The molecule has 1 aromatic carbocycles. The minimum atomic E-state index is -1.63. The topological polar surface area (TPSA) is 42.4 Å². The summed E-state index contributed by atoms with van der Waals surface area (Å²) in [6.45, 7) is 1.01. The minimum Gasteiger partial charge on any atom is -0.378 e. The fraction of sp³-hybridized carbons (Fsp3) is 0.333. The Labute approximate surface area is 134 Å². The zero-order chi connectivity index (χ0) is 16.6. The SMILES string of the molecule is COCc1nc2c(s1)CN(C(=O)c1ccc(F)c(F)c1F)CC2. The molecule has 0 aliphatic carbocycles. The highest BCUT2D eigenvalue weighted by Crippen LogP contribution is 2.27. The molecule has 0 saturated heterocycles. The molecule has 23 heavy (non-hydrogen) atoms. The number of fused-ring (bicyclic) bond motifs is 1. The van der Waals surface area contributed by atoms with Crippen LogP contribution in [0.5, 0.6) is 0 Å². The molecule has 0 saturated carbocycles. The number of rotatable bonds is 3. The van der Waals surface area contributed by atoms with Gasteiger partial charge < -0.3 is 9.64 Å². The fourth-order valence-electron chi connectivity index (χ4n) is 2.47.